The number of β-lactam (4-membered cyclic amide) rings is 1. The molecular weight excluding hydrogens is 432 g/mol. The van der Waals surface area contributed by atoms with Crippen LogP contribution < -0.4 is 10.1 Å². The van der Waals surface area contributed by atoms with Gasteiger partial charge >= 0.3 is 12.0 Å². The number of nitrogens with zero attached hydrogens (tertiary/aromatic N) is 1. The van der Waals surface area contributed by atoms with E-state index in [1.54, 1.807) is 30.3 Å². The molecule has 2 N–H and O–H groups in total. The Morgan fingerprint density at radius 1 is 1.15 bits per heavy atom. The molecule has 2 aromatic rings. The Hall–Kier alpha value is -3.61. The molecule has 2 atom stereocenters. The maximum atomic E-state index is 13.3. The van der Waals surface area contributed by atoms with Crippen molar-refractivity contribution in [2.75, 3.05) is 0 Å². The van der Waals surface area contributed by atoms with Crippen molar-refractivity contribution in [3.8, 4) is 5.75 Å². The highest BCUT2D eigenvalue weighted by molar-refractivity contribution is 6.03. The summed E-state index contributed by atoms with van der Waals surface area (Å²) in [6.07, 6.45) is 2.46. The second kappa shape index (κ2) is 10.5. The number of carbonyl (C=O) groups is 3. The van der Waals surface area contributed by atoms with Gasteiger partial charge in [0.25, 0.3) is 0 Å². The molecule has 0 aromatic heterocycles. The summed E-state index contributed by atoms with van der Waals surface area (Å²) in [5.41, 5.74) is 1.88. The van der Waals surface area contributed by atoms with Crippen molar-refractivity contribution in [2.24, 2.45) is 5.41 Å². The first-order chi connectivity index (χ1) is 16.2. The van der Waals surface area contributed by atoms with Crippen molar-refractivity contribution >= 4 is 17.9 Å². The van der Waals surface area contributed by atoms with Crippen molar-refractivity contribution in [1.29, 1.82) is 0 Å². The lowest BCUT2D eigenvalue weighted by Gasteiger charge is -2.53. The molecule has 0 bridgehead atoms. The minimum atomic E-state index is -0.917. The maximum Gasteiger partial charge on any atom is 0.327 e. The second-order valence-corrected chi connectivity index (χ2v) is 8.66. The molecule has 2 aromatic carbocycles. The maximum absolute atomic E-state index is 13.3. The van der Waals surface area contributed by atoms with Crippen LogP contribution in [0.15, 0.2) is 61.2 Å². The first kappa shape index (κ1) is 25.0. The normalized spacial score (nSPS) is 17.4. The molecule has 7 nitrogen and oxygen atoms in total. The van der Waals surface area contributed by atoms with Crippen LogP contribution in [0, 0.1) is 12.3 Å². The van der Waals surface area contributed by atoms with Crippen molar-refractivity contribution in [3.05, 3.63) is 77.9 Å². The van der Waals surface area contributed by atoms with Crippen LogP contribution in [0.2, 0.25) is 0 Å². The van der Waals surface area contributed by atoms with Gasteiger partial charge in [-0.1, -0.05) is 61.9 Å². The van der Waals surface area contributed by atoms with E-state index in [4.69, 9.17) is 9.84 Å². The van der Waals surface area contributed by atoms with Gasteiger partial charge in [-0.05, 0) is 49.4 Å². The van der Waals surface area contributed by atoms with Crippen LogP contribution in [-0.4, -0.2) is 34.1 Å². The number of carbonyl (C=O) groups excluding carboxylic acids is 2. The van der Waals surface area contributed by atoms with Gasteiger partial charge in [0.05, 0.1) is 12.5 Å². The van der Waals surface area contributed by atoms with Crippen LogP contribution >= 0.6 is 0 Å². The van der Waals surface area contributed by atoms with Crippen LogP contribution in [0.4, 0.5) is 4.79 Å². The summed E-state index contributed by atoms with van der Waals surface area (Å²) in [7, 11) is 0. The first-order valence-corrected chi connectivity index (χ1v) is 11.5. The fourth-order valence-electron chi connectivity index (χ4n) is 4.35. The summed E-state index contributed by atoms with van der Waals surface area (Å²) in [5, 5.41) is 11.9. The lowest BCUT2D eigenvalue weighted by atomic mass is 9.72. The fraction of sp³-hybridized carbons (Fsp3) is 0.370. The van der Waals surface area contributed by atoms with Crippen LogP contribution in [0.3, 0.4) is 0 Å². The number of imide groups is 1. The third kappa shape index (κ3) is 4.98. The molecule has 34 heavy (non-hydrogen) atoms. The monoisotopic (exact) mass is 464 g/mol. The van der Waals surface area contributed by atoms with Crippen LogP contribution in [0.5, 0.6) is 5.75 Å². The number of ether oxygens (including phenoxy) is 1. The van der Waals surface area contributed by atoms with E-state index in [-0.39, 0.29) is 18.4 Å². The van der Waals surface area contributed by atoms with E-state index in [1.807, 2.05) is 45.0 Å². The van der Waals surface area contributed by atoms with Gasteiger partial charge in [-0.3, -0.25) is 9.59 Å². The van der Waals surface area contributed by atoms with E-state index in [2.05, 4.69) is 11.9 Å². The number of carboxylic acid groups (broad SMARTS) is 1. The summed E-state index contributed by atoms with van der Waals surface area (Å²) in [5.74, 6) is -0.708. The lowest BCUT2D eigenvalue weighted by molar-refractivity contribution is -0.191. The molecule has 1 aliphatic rings. The highest BCUT2D eigenvalue weighted by atomic mass is 16.5. The molecule has 7 heteroatoms. The lowest BCUT2D eigenvalue weighted by Crippen LogP contribution is -2.73. The number of carboxylic acids is 1. The SMILES string of the molecule is C=CC[C@@H](NC(=O)N1C(=O)C(CC)(CC)[C@@H]1Oc1ccc(CC(=O)O)cc1)c1ccc(C)cc1. The Balaban J connectivity index is 1.82. The summed E-state index contributed by atoms with van der Waals surface area (Å²) >= 11 is 0. The molecule has 0 radical (unpaired) electrons. The summed E-state index contributed by atoms with van der Waals surface area (Å²) in [6.45, 7) is 9.62. The molecular formula is C27H32N2O5. The first-order valence-electron chi connectivity index (χ1n) is 11.5. The van der Waals surface area contributed by atoms with Crippen molar-refractivity contribution < 1.29 is 24.2 Å². The molecule has 0 unspecified atom stereocenters. The highest BCUT2D eigenvalue weighted by Gasteiger charge is 2.63. The van der Waals surface area contributed by atoms with E-state index in [1.165, 1.54) is 0 Å². The van der Waals surface area contributed by atoms with Gasteiger partial charge in [0.15, 0.2) is 6.23 Å². The topological polar surface area (TPSA) is 95.9 Å². The zero-order valence-electron chi connectivity index (χ0n) is 19.9. The number of likely N-dealkylation sites (tertiary alicyclic amines) is 1. The van der Waals surface area contributed by atoms with Crippen LogP contribution in [-0.2, 0) is 16.0 Å². The standard InChI is InChI=1S/C27H32N2O5/c1-5-8-22(20-13-9-18(4)10-14-20)28-26(33)29-24(32)27(6-2,7-3)25(29)34-21-15-11-19(12-16-21)17-23(30)31/h5,9-16,22,25H,1,6-8,17H2,2-4H3,(H,28,33)(H,30,31)/t22-,25+/m1/s1. The Morgan fingerprint density at radius 3 is 2.29 bits per heavy atom. The molecule has 180 valence electrons. The molecule has 1 fully saturated rings. The molecule has 3 amide bonds. The molecule has 0 aliphatic carbocycles. The van der Waals surface area contributed by atoms with Gasteiger partial charge in [0, 0.05) is 0 Å². The van der Waals surface area contributed by atoms with Crippen molar-refractivity contribution in [2.45, 2.75) is 58.7 Å². The Morgan fingerprint density at radius 2 is 1.76 bits per heavy atom. The molecule has 1 heterocycles. The Bertz CT molecular complexity index is 1040. The average molecular weight is 465 g/mol. The minimum absolute atomic E-state index is 0.0890. The van der Waals surface area contributed by atoms with E-state index in [0.717, 1.165) is 16.0 Å². The Kier molecular flexibility index (Phi) is 7.76. The summed E-state index contributed by atoms with van der Waals surface area (Å²) < 4.78 is 6.15. The number of amides is 3. The fourth-order valence-corrected chi connectivity index (χ4v) is 4.35. The molecule has 1 aliphatic heterocycles. The van der Waals surface area contributed by atoms with E-state index >= 15 is 0 Å². The third-order valence-electron chi connectivity index (χ3n) is 6.54. The molecule has 3 rings (SSSR count). The molecule has 0 saturated carbocycles. The summed E-state index contributed by atoms with van der Waals surface area (Å²) in [4.78, 5) is 38.5. The van der Waals surface area contributed by atoms with Gasteiger partial charge in [-0.15, -0.1) is 6.58 Å². The van der Waals surface area contributed by atoms with E-state index in [0.29, 0.717) is 30.6 Å². The zero-order valence-corrected chi connectivity index (χ0v) is 19.9. The van der Waals surface area contributed by atoms with E-state index < -0.39 is 23.6 Å². The quantitative estimate of drug-likeness (QED) is 0.381. The number of urea groups is 1. The zero-order chi connectivity index (χ0) is 24.9. The van der Waals surface area contributed by atoms with Gasteiger partial charge < -0.3 is 15.2 Å². The number of aliphatic carboxylic acids is 1. The number of nitrogens with one attached hydrogen (secondary N) is 1. The van der Waals surface area contributed by atoms with Crippen LogP contribution in [0.25, 0.3) is 0 Å². The van der Waals surface area contributed by atoms with Gasteiger partial charge in [-0.2, -0.15) is 0 Å². The summed E-state index contributed by atoms with van der Waals surface area (Å²) in [6, 6.07) is 13.7. The predicted octanol–water partition coefficient (Wildman–Crippen LogP) is 5.00. The van der Waals surface area contributed by atoms with Crippen LogP contribution in [0.1, 0.15) is 55.8 Å². The Labute approximate surface area is 200 Å². The van der Waals surface area contributed by atoms with Gasteiger partial charge in [0.2, 0.25) is 5.91 Å². The smallest absolute Gasteiger partial charge is 0.327 e. The van der Waals surface area contributed by atoms with Crippen molar-refractivity contribution in [1.82, 2.24) is 10.2 Å². The average Bonchev–Trinajstić information content (AvgIpc) is 2.81. The van der Waals surface area contributed by atoms with Gasteiger partial charge in [0.1, 0.15) is 11.2 Å². The number of hydrogen-bond acceptors (Lipinski definition) is 4. The number of rotatable bonds is 10. The number of aryl methyl sites for hydroxylation is 1. The van der Waals surface area contributed by atoms with Gasteiger partial charge in [-0.25, -0.2) is 9.69 Å². The predicted molar refractivity (Wildman–Crippen MR) is 129 cm³/mol. The third-order valence-corrected chi connectivity index (χ3v) is 6.54. The highest BCUT2D eigenvalue weighted by Crippen LogP contribution is 2.46. The molecule has 1 saturated heterocycles. The molecule has 0 spiro atoms. The largest absolute Gasteiger partial charge is 0.481 e. The van der Waals surface area contributed by atoms with Crippen molar-refractivity contribution in [3.63, 3.8) is 0 Å². The van der Waals surface area contributed by atoms with E-state index in [9.17, 15) is 14.4 Å². The minimum Gasteiger partial charge on any atom is -0.481 e. The number of hydrogen-bond donors (Lipinski definition) is 2. The second-order valence-electron chi connectivity index (χ2n) is 8.66. The number of benzene rings is 2.